The van der Waals surface area contributed by atoms with Crippen LogP contribution in [0.1, 0.15) is 32.1 Å². The van der Waals surface area contributed by atoms with Crippen molar-refractivity contribution in [1.82, 2.24) is 20.1 Å². The minimum Gasteiger partial charge on any atom is -0.467 e. The molecular formula is C23H21FN4O3S. The Morgan fingerprint density at radius 2 is 2.25 bits per heavy atom. The van der Waals surface area contributed by atoms with Crippen molar-refractivity contribution in [3.05, 3.63) is 75.0 Å². The maximum Gasteiger partial charge on any atom is 0.252 e. The summed E-state index contributed by atoms with van der Waals surface area (Å²) in [6.07, 6.45) is 2.12. The van der Waals surface area contributed by atoms with E-state index in [-0.39, 0.29) is 18.5 Å². The van der Waals surface area contributed by atoms with E-state index in [2.05, 4.69) is 15.4 Å². The Morgan fingerprint density at radius 3 is 3.09 bits per heavy atom. The minimum absolute atomic E-state index is 0.141. The van der Waals surface area contributed by atoms with Gasteiger partial charge in [-0.25, -0.2) is 14.1 Å². The number of carbonyl (C=O) groups excluding carboxylic acids is 1. The molecule has 4 heterocycles. The first-order chi connectivity index (χ1) is 15.6. The number of carbonyl (C=O) groups is 1. The molecule has 0 aliphatic carbocycles. The zero-order valence-electron chi connectivity index (χ0n) is 17.4. The van der Waals surface area contributed by atoms with Gasteiger partial charge in [0.1, 0.15) is 11.6 Å². The lowest BCUT2D eigenvalue weighted by atomic mass is 10.1. The summed E-state index contributed by atoms with van der Waals surface area (Å²) in [6.45, 7) is 3.26. The third kappa shape index (κ3) is 4.09. The number of ether oxygens (including phenoxy) is 2. The summed E-state index contributed by atoms with van der Waals surface area (Å²) in [6, 6.07) is 8.67. The second-order valence-electron chi connectivity index (χ2n) is 7.60. The van der Waals surface area contributed by atoms with Gasteiger partial charge in [-0.3, -0.25) is 4.79 Å². The van der Waals surface area contributed by atoms with Crippen LogP contribution in [0.4, 0.5) is 4.39 Å². The summed E-state index contributed by atoms with van der Waals surface area (Å²) in [5.41, 5.74) is 3.33. The van der Waals surface area contributed by atoms with Crippen LogP contribution in [0, 0.1) is 12.7 Å². The van der Waals surface area contributed by atoms with Gasteiger partial charge in [0.2, 0.25) is 0 Å². The summed E-state index contributed by atoms with van der Waals surface area (Å²) >= 11 is 1.65. The molecular weight excluding hydrogens is 431 g/mol. The molecule has 0 spiro atoms. The standard InChI is InChI=1S/C23H21FN4O3S/c1-14-7-19(20-10-26-28(22(20)27-14)11-18-3-2-6-32-18)23(29)25-5-4-15-8-17(24)9-16-12-30-13-31-21(15)16/h2-3,6-10H,4-5,11-13H2,1H3,(H,25,29). The average Bonchev–Trinajstić information content (AvgIpc) is 3.43. The number of hydrogen-bond donors (Lipinski definition) is 1. The summed E-state index contributed by atoms with van der Waals surface area (Å²) in [4.78, 5) is 18.7. The SMILES string of the molecule is Cc1cc(C(=O)NCCc2cc(F)cc3c2OCOC3)c2cnn(Cc3cccs3)c2n1. The van der Waals surface area contributed by atoms with Crippen molar-refractivity contribution in [2.45, 2.75) is 26.5 Å². The largest absolute Gasteiger partial charge is 0.467 e. The molecule has 7 nitrogen and oxygen atoms in total. The minimum atomic E-state index is -0.344. The van der Waals surface area contributed by atoms with Crippen LogP contribution in [-0.4, -0.2) is 34.0 Å². The van der Waals surface area contributed by atoms with Crippen molar-refractivity contribution in [2.24, 2.45) is 0 Å². The number of rotatable bonds is 6. The molecule has 1 aliphatic rings. The van der Waals surface area contributed by atoms with Crippen LogP contribution >= 0.6 is 11.3 Å². The lowest BCUT2D eigenvalue weighted by molar-refractivity contribution is -0.0172. The van der Waals surface area contributed by atoms with Crippen molar-refractivity contribution >= 4 is 28.3 Å². The Kier molecular flexibility index (Phi) is 5.59. The maximum absolute atomic E-state index is 13.9. The molecule has 0 saturated carbocycles. The lowest BCUT2D eigenvalue weighted by Crippen LogP contribution is -2.26. The van der Waals surface area contributed by atoms with E-state index < -0.39 is 0 Å². The monoisotopic (exact) mass is 452 g/mol. The van der Waals surface area contributed by atoms with Gasteiger partial charge in [-0.2, -0.15) is 5.10 Å². The topological polar surface area (TPSA) is 78.3 Å². The number of hydrogen-bond acceptors (Lipinski definition) is 6. The van der Waals surface area contributed by atoms with E-state index >= 15 is 0 Å². The highest BCUT2D eigenvalue weighted by molar-refractivity contribution is 7.09. The third-order valence-corrected chi connectivity index (χ3v) is 6.16. The maximum atomic E-state index is 13.9. The molecule has 32 heavy (non-hydrogen) atoms. The highest BCUT2D eigenvalue weighted by Gasteiger charge is 2.19. The molecule has 4 aromatic rings. The van der Waals surface area contributed by atoms with Gasteiger partial charge >= 0.3 is 0 Å². The Hall–Kier alpha value is -3.30. The molecule has 1 aromatic carbocycles. The van der Waals surface area contributed by atoms with E-state index in [4.69, 9.17) is 9.47 Å². The Bertz CT molecular complexity index is 1290. The van der Waals surface area contributed by atoms with Gasteiger partial charge in [0, 0.05) is 22.7 Å². The quantitative estimate of drug-likeness (QED) is 0.481. The van der Waals surface area contributed by atoms with Crippen LogP contribution in [0.25, 0.3) is 11.0 Å². The number of nitrogens with one attached hydrogen (secondary N) is 1. The number of halogens is 1. The normalized spacial score (nSPS) is 13.1. The zero-order chi connectivity index (χ0) is 22.1. The molecule has 164 valence electrons. The number of benzene rings is 1. The number of pyridine rings is 1. The van der Waals surface area contributed by atoms with Gasteiger partial charge in [-0.05, 0) is 48.6 Å². The smallest absolute Gasteiger partial charge is 0.252 e. The van der Waals surface area contributed by atoms with Crippen LogP contribution < -0.4 is 10.1 Å². The van der Waals surface area contributed by atoms with Gasteiger partial charge in [0.05, 0.1) is 30.3 Å². The summed E-state index contributed by atoms with van der Waals surface area (Å²) in [7, 11) is 0. The Labute approximate surface area is 187 Å². The Balaban J connectivity index is 1.33. The third-order valence-electron chi connectivity index (χ3n) is 5.30. The predicted molar refractivity (Wildman–Crippen MR) is 118 cm³/mol. The van der Waals surface area contributed by atoms with Crippen molar-refractivity contribution in [3.63, 3.8) is 0 Å². The van der Waals surface area contributed by atoms with Crippen molar-refractivity contribution in [1.29, 1.82) is 0 Å². The predicted octanol–water partition coefficient (Wildman–Crippen LogP) is 3.83. The fourth-order valence-corrected chi connectivity index (χ4v) is 4.56. The van der Waals surface area contributed by atoms with Gasteiger partial charge in [-0.1, -0.05) is 6.07 Å². The van der Waals surface area contributed by atoms with E-state index in [0.29, 0.717) is 59.6 Å². The van der Waals surface area contributed by atoms with E-state index in [1.54, 1.807) is 23.6 Å². The fourth-order valence-electron chi connectivity index (χ4n) is 3.87. The number of amides is 1. The molecule has 5 rings (SSSR count). The molecule has 0 unspecified atom stereocenters. The van der Waals surface area contributed by atoms with Crippen molar-refractivity contribution in [3.8, 4) is 5.75 Å². The molecule has 9 heteroatoms. The van der Waals surface area contributed by atoms with Crippen LogP contribution in [-0.2, 0) is 24.3 Å². The molecule has 0 fully saturated rings. The van der Waals surface area contributed by atoms with Crippen LogP contribution in [0.5, 0.6) is 5.75 Å². The first-order valence-electron chi connectivity index (χ1n) is 10.2. The molecule has 1 amide bonds. The van der Waals surface area contributed by atoms with Crippen molar-refractivity contribution < 1.29 is 18.7 Å². The average molecular weight is 453 g/mol. The lowest BCUT2D eigenvalue weighted by Gasteiger charge is -2.21. The number of aromatic nitrogens is 3. The zero-order valence-corrected chi connectivity index (χ0v) is 18.2. The fraction of sp³-hybridized carbons (Fsp3) is 0.261. The van der Waals surface area contributed by atoms with E-state index in [0.717, 1.165) is 10.6 Å². The summed E-state index contributed by atoms with van der Waals surface area (Å²) in [5.74, 6) is 0.0818. The van der Waals surface area contributed by atoms with E-state index in [1.807, 2.05) is 29.1 Å². The van der Waals surface area contributed by atoms with Crippen LogP contribution in [0.3, 0.4) is 0 Å². The second-order valence-corrected chi connectivity index (χ2v) is 8.63. The Morgan fingerprint density at radius 1 is 1.34 bits per heavy atom. The van der Waals surface area contributed by atoms with Gasteiger partial charge in [0.15, 0.2) is 12.4 Å². The molecule has 0 radical (unpaired) electrons. The number of aryl methyl sites for hydroxylation is 1. The number of fused-ring (bicyclic) bond motifs is 2. The number of thiophene rings is 1. The second kappa shape index (κ2) is 8.68. The highest BCUT2D eigenvalue weighted by atomic mass is 32.1. The molecule has 3 aromatic heterocycles. The molecule has 0 bridgehead atoms. The van der Waals surface area contributed by atoms with Gasteiger partial charge < -0.3 is 14.8 Å². The van der Waals surface area contributed by atoms with Crippen LogP contribution in [0.2, 0.25) is 0 Å². The molecule has 1 aliphatic heterocycles. The van der Waals surface area contributed by atoms with Gasteiger partial charge in [-0.15, -0.1) is 11.3 Å². The summed E-state index contributed by atoms with van der Waals surface area (Å²) in [5, 5.41) is 10.1. The van der Waals surface area contributed by atoms with E-state index in [1.165, 1.54) is 12.1 Å². The molecule has 0 saturated heterocycles. The highest BCUT2D eigenvalue weighted by Crippen LogP contribution is 2.29. The summed E-state index contributed by atoms with van der Waals surface area (Å²) < 4.78 is 26.5. The van der Waals surface area contributed by atoms with E-state index in [9.17, 15) is 9.18 Å². The first kappa shape index (κ1) is 20.6. The molecule has 0 atom stereocenters. The van der Waals surface area contributed by atoms with Crippen molar-refractivity contribution in [2.75, 3.05) is 13.3 Å². The first-order valence-corrected chi connectivity index (χ1v) is 11.1. The number of nitrogens with zero attached hydrogens (tertiary/aromatic N) is 3. The van der Waals surface area contributed by atoms with Gasteiger partial charge in [0.25, 0.3) is 5.91 Å². The molecule has 1 N–H and O–H groups in total. The van der Waals surface area contributed by atoms with Crippen LogP contribution in [0.15, 0.2) is 41.9 Å².